The maximum Gasteiger partial charge on any atom is 0.0699 e. The summed E-state index contributed by atoms with van der Waals surface area (Å²) < 4.78 is 0. The van der Waals surface area contributed by atoms with E-state index in [0.717, 1.165) is 28.4 Å². The first-order chi connectivity index (χ1) is 9.58. The van der Waals surface area contributed by atoms with Crippen LogP contribution in [-0.2, 0) is 0 Å². The van der Waals surface area contributed by atoms with E-state index in [1.54, 1.807) is 11.3 Å². The van der Waals surface area contributed by atoms with Gasteiger partial charge in [-0.1, -0.05) is 30.9 Å². The molecule has 0 aliphatic heterocycles. The summed E-state index contributed by atoms with van der Waals surface area (Å²) in [6.07, 6.45) is 7.86. The molecule has 2 rings (SSSR count). The lowest BCUT2D eigenvalue weighted by Crippen LogP contribution is -1.99. The summed E-state index contributed by atoms with van der Waals surface area (Å²) in [5.74, 6) is 0. The van der Waals surface area contributed by atoms with Crippen LogP contribution in [0.15, 0.2) is 75.3 Å². The fourth-order valence-corrected chi connectivity index (χ4v) is 2.43. The Morgan fingerprint density at radius 3 is 2.50 bits per heavy atom. The van der Waals surface area contributed by atoms with Crippen molar-refractivity contribution in [2.24, 2.45) is 9.98 Å². The van der Waals surface area contributed by atoms with Gasteiger partial charge in [0.1, 0.15) is 0 Å². The summed E-state index contributed by atoms with van der Waals surface area (Å²) in [5.41, 5.74) is 4.69. The molecule has 0 N–H and O–H groups in total. The number of nitrogens with zero attached hydrogens (tertiary/aromatic N) is 2. The summed E-state index contributed by atoms with van der Waals surface area (Å²) in [6.45, 7) is 9.98. The van der Waals surface area contributed by atoms with Crippen molar-refractivity contribution in [2.75, 3.05) is 0 Å². The molecule has 102 valence electrons. The Morgan fingerprint density at radius 2 is 1.85 bits per heavy atom. The quantitative estimate of drug-likeness (QED) is 0.702. The molecule has 0 aromatic carbocycles. The Morgan fingerprint density at radius 1 is 1.10 bits per heavy atom. The van der Waals surface area contributed by atoms with E-state index in [2.05, 4.69) is 28.0 Å². The third-order valence-electron chi connectivity index (χ3n) is 3.02. The van der Waals surface area contributed by atoms with Gasteiger partial charge in [-0.3, -0.25) is 9.98 Å². The first-order valence-corrected chi connectivity index (χ1v) is 7.35. The molecule has 2 nitrogen and oxygen atoms in total. The zero-order valence-corrected chi connectivity index (χ0v) is 12.9. The van der Waals surface area contributed by atoms with Crippen LogP contribution in [-0.4, -0.2) is 11.4 Å². The normalized spacial score (nSPS) is 18.6. The van der Waals surface area contributed by atoms with Crippen molar-refractivity contribution in [1.29, 1.82) is 0 Å². The average molecular weight is 282 g/mol. The van der Waals surface area contributed by atoms with Crippen LogP contribution in [0, 0.1) is 0 Å². The molecule has 0 atom stereocenters. The van der Waals surface area contributed by atoms with Crippen molar-refractivity contribution in [3.8, 4) is 0 Å². The second-order valence-corrected chi connectivity index (χ2v) is 5.53. The van der Waals surface area contributed by atoms with E-state index in [9.17, 15) is 0 Å². The third kappa shape index (κ3) is 3.52. The van der Waals surface area contributed by atoms with Crippen LogP contribution in [0.3, 0.4) is 0 Å². The van der Waals surface area contributed by atoms with Gasteiger partial charge in [-0.05, 0) is 43.9 Å². The zero-order chi connectivity index (χ0) is 14.5. The molecule has 1 aromatic rings. The van der Waals surface area contributed by atoms with Crippen LogP contribution in [0.25, 0.3) is 0 Å². The van der Waals surface area contributed by atoms with E-state index in [0.29, 0.717) is 0 Å². The maximum absolute atomic E-state index is 4.64. The molecule has 1 aliphatic rings. The largest absolute Gasteiger partial charge is 0.255 e. The molecule has 0 bridgehead atoms. The predicted octanol–water partition coefficient (Wildman–Crippen LogP) is 4.93. The molecule has 3 heteroatoms. The molecule has 0 amide bonds. The lowest BCUT2D eigenvalue weighted by Gasteiger charge is -2.06. The van der Waals surface area contributed by atoms with Crippen LogP contribution in [0.2, 0.25) is 0 Å². The highest BCUT2D eigenvalue weighted by Crippen LogP contribution is 2.15. The average Bonchev–Trinajstić information content (AvgIpc) is 2.95. The summed E-state index contributed by atoms with van der Waals surface area (Å²) in [5, 5.41) is 2.06. The van der Waals surface area contributed by atoms with Crippen LogP contribution in [0.5, 0.6) is 0 Å². The van der Waals surface area contributed by atoms with Gasteiger partial charge in [0, 0.05) is 4.88 Å². The summed E-state index contributed by atoms with van der Waals surface area (Å²) >= 11 is 1.70. The van der Waals surface area contributed by atoms with Gasteiger partial charge in [-0.2, -0.15) is 0 Å². The number of thiophene rings is 1. The number of rotatable bonds is 3. The van der Waals surface area contributed by atoms with E-state index in [1.165, 1.54) is 4.88 Å². The van der Waals surface area contributed by atoms with Gasteiger partial charge in [0.15, 0.2) is 0 Å². The van der Waals surface area contributed by atoms with E-state index in [-0.39, 0.29) is 0 Å². The molecule has 0 fully saturated rings. The van der Waals surface area contributed by atoms with Crippen molar-refractivity contribution in [3.05, 3.63) is 70.2 Å². The molecular formula is C17H18N2S. The highest BCUT2D eigenvalue weighted by atomic mass is 32.1. The predicted molar refractivity (Wildman–Crippen MR) is 89.8 cm³/mol. The first-order valence-electron chi connectivity index (χ1n) is 6.47. The van der Waals surface area contributed by atoms with Gasteiger partial charge in [0.25, 0.3) is 0 Å². The molecule has 0 saturated carbocycles. The van der Waals surface area contributed by atoms with Crippen LogP contribution in [0.1, 0.15) is 25.6 Å². The van der Waals surface area contributed by atoms with Gasteiger partial charge in [0.05, 0.1) is 22.8 Å². The molecule has 0 saturated heterocycles. The van der Waals surface area contributed by atoms with E-state index < -0.39 is 0 Å². The van der Waals surface area contributed by atoms with Gasteiger partial charge < -0.3 is 0 Å². The van der Waals surface area contributed by atoms with E-state index in [4.69, 9.17) is 0 Å². The molecule has 1 aromatic heterocycles. The van der Waals surface area contributed by atoms with Crippen LogP contribution >= 0.6 is 11.3 Å². The Kier molecular flexibility index (Phi) is 4.64. The highest BCUT2D eigenvalue weighted by Gasteiger charge is 2.03. The summed E-state index contributed by atoms with van der Waals surface area (Å²) in [4.78, 5) is 10.4. The minimum atomic E-state index is 0.897. The molecule has 0 radical (unpaired) electrons. The van der Waals surface area contributed by atoms with Crippen molar-refractivity contribution >= 4 is 22.8 Å². The molecular weight excluding hydrogens is 264 g/mol. The smallest absolute Gasteiger partial charge is 0.0699 e. The minimum Gasteiger partial charge on any atom is -0.255 e. The molecule has 0 unspecified atom stereocenters. The van der Waals surface area contributed by atoms with E-state index >= 15 is 0 Å². The lowest BCUT2D eigenvalue weighted by molar-refractivity contribution is 1.15. The monoisotopic (exact) mass is 282 g/mol. The third-order valence-corrected chi connectivity index (χ3v) is 4.00. The maximum atomic E-state index is 4.64. The van der Waals surface area contributed by atoms with Crippen molar-refractivity contribution in [2.45, 2.75) is 20.8 Å². The highest BCUT2D eigenvalue weighted by molar-refractivity contribution is 7.12. The fourth-order valence-electron chi connectivity index (χ4n) is 1.75. The topological polar surface area (TPSA) is 24.7 Å². The number of aliphatic imine (C=N–C) groups is 2. The molecule has 20 heavy (non-hydrogen) atoms. The number of hydrogen-bond donors (Lipinski definition) is 0. The van der Waals surface area contributed by atoms with Crippen molar-refractivity contribution in [3.63, 3.8) is 0 Å². The van der Waals surface area contributed by atoms with E-state index in [1.807, 2.05) is 51.1 Å². The SMILES string of the molecule is C=C1C=CC=C/C1=N/C(C)=C(C)/N=C(\C)c1cccs1. The minimum absolute atomic E-state index is 0.897. The Labute approximate surface area is 124 Å². The van der Waals surface area contributed by atoms with Gasteiger partial charge in [-0.25, -0.2) is 0 Å². The zero-order valence-electron chi connectivity index (χ0n) is 12.1. The summed E-state index contributed by atoms with van der Waals surface area (Å²) in [6, 6.07) is 4.11. The van der Waals surface area contributed by atoms with Crippen LogP contribution in [0.4, 0.5) is 0 Å². The van der Waals surface area contributed by atoms with Crippen molar-refractivity contribution in [1.82, 2.24) is 0 Å². The second-order valence-electron chi connectivity index (χ2n) is 4.59. The van der Waals surface area contributed by atoms with Crippen LogP contribution < -0.4 is 0 Å². The standard InChI is InChI=1S/C17H18N2S/c1-12-8-5-6-9-16(12)19-14(3)13(2)18-15(4)17-10-7-11-20-17/h5-11H,1H2,2-4H3/b14-13+,18-15+,19-16-. The van der Waals surface area contributed by atoms with Gasteiger partial charge in [-0.15, -0.1) is 11.3 Å². The number of allylic oxidation sites excluding steroid dienone is 7. The van der Waals surface area contributed by atoms with Gasteiger partial charge in [0.2, 0.25) is 0 Å². The van der Waals surface area contributed by atoms with Gasteiger partial charge >= 0.3 is 0 Å². The Bertz CT molecular complexity index is 653. The lowest BCUT2D eigenvalue weighted by atomic mass is 10.1. The molecule has 1 heterocycles. The Hall–Kier alpha value is -2.00. The molecule has 0 spiro atoms. The second kappa shape index (κ2) is 6.44. The van der Waals surface area contributed by atoms with Crippen molar-refractivity contribution < 1.29 is 0 Å². The fraction of sp³-hybridized carbons (Fsp3) is 0.176. The summed E-state index contributed by atoms with van der Waals surface area (Å²) in [7, 11) is 0. The Balaban J connectivity index is 2.26. The first kappa shape index (κ1) is 14.4. The molecule has 1 aliphatic carbocycles. The number of hydrogen-bond acceptors (Lipinski definition) is 3.